The van der Waals surface area contributed by atoms with E-state index in [1.807, 2.05) is 0 Å². The van der Waals surface area contributed by atoms with Crippen molar-refractivity contribution in [2.24, 2.45) is 11.1 Å². The molecule has 0 aliphatic carbocycles. The second-order valence-corrected chi connectivity index (χ2v) is 5.47. The Hall–Kier alpha value is -1.10. The zero-order valence-corrected chi connectivity index (χ0v) is 11.1. The van der Waals surface area contributed by atoms with E-state index in [0.717, 1.165) is 38.8 Å². The van der Waals surface area contributed by atoms with Crippen LogP contribution in [0.1, 0.15) is 39.0 Å². The molecule has 0 aromatic carbocycles. The van der Waals surface area contributed by atoms with Gasteiger partial charge in [0.1, 0.15) is 6.04 Å². The molecule has 0 aromatic rings. The van der Waals surface area contributed by atoms with Crippen molar-refractivity contribution in [2.45, 2.75) is 45.1 Å². The molecule has 2 rings (SSSR count). The van der Waals surface area contributed by atoms with E-state index in [0.29, 0.717) is 13.0 Å². The van der Waals surface area contributed by atoms with Crippen LogP contribution >= 0.6 is 0 Å². The molecule has 18 heavy (non-hydrogen) atoms. The summed E-state index contributed by atoms with van der Waals surface area (Å²) in [7, 11) is 0. The van der Waals surface area contributed by atoms with Crippen LogP contribution in [0, 0.1) is 5.41 Å². The lowest BCUT2D eigenvalue weighted by molar-refractivity contribution is -0.147. The zero-order valence-electron chi connectivity index (χ0n) is 11.1. The summed E-state index contributed by atoms with van der Waals surface area (Å²) in [6, 6.07) is -0.386. The van der Waals surface area contributed by atoms with Crippen molar-refractivity contribution < 1.29 is 9.59 Å². The smallest absolute Gasteiger partial charge is 0.240 e. The second kappa shape index (κ2) is 5.26. The van der Waals surface area contributed by atoms with Gasteiger partial charge in [-0.15, -0.1) is 0 Å². The van der Waals surface area contributed by atoms with Crippen LogP contribution in [-0.2, 0) is 9.59 Å². The monoisotopic (exact) mass is 253 g/mol. The molecule has 2 heterocycles. The molecule has 0 bridgehead atoms. The minimum Gasteiger partial charge on any atom is -0.368 e. The summed E-state index contributed by atoms with van der Waals surface area (Å²) in [5.41, 5.74) is 5.07. The van der Waals surface area contributed by atoms with Crippen LogP contribution in [0.4, 0.5) is 0 Å². The molecular weight excluding hydrogens is 230 g/mol. The molecule has 2 amide bonds. The Morgan fingerprint density at radius 1 is 1.44 bits per heavy atom. The van der Waals surface area contributed by atoms with Crippen molar-refractivity contribution in [1.82, 2.24) is 10.2 Å². The molecule has 2 fully saturated rings. The van der Waals surface area contributed by atoms with Crippen LogP contribution in [0.25, 0.3) is 0 Å². The lowest BCUT2D eigenvalue weighted by Gasteiger charge is -2.39. The highest BCUT2D eigenvalue weighted by Gasteiger charge is 2.44. The third kappa shape index (κ3) is 2.23. The number of piperidine rings is 1. The highest BCUT2D eigenvalue weighted by Crippen LogP contribution is 2.34. The average Bonchev–Trinajstić information content (AvgIpc) is 2.88. The van der Waals surface area contributed by atoms with Gasteiger partial charge in [-0.25, -0.2) is 0 Å². The van der Waals surface area contributed by atoms with Gasteiger partial charge in [0.2, 0.25) is 11.8 Å². The predicted octanol–water partition coefficient (Wildman–Crippen LogP) is 0.243. The molecule has 0 aromatic heterocycles. The average molecular weight is 253 g/mol. The summed E-state index contributed by atoms with van der Waals surface area (Å²) in [5.74, 6) is -0.241. The quantitative estimate of drug-likeness (QED) is 0.756. The molecule has 5 heteroatoms. The van der Waals surface area contributed by atoms with Crippen LogP contribution < -0.4 is 11.1 Å². The molecule has 3 N–H and O–H groups in total. The maximum atomic E-state index is 12.7. The summed E-state index contributed by atoms with van der Waals surface area (Å²) in [6.07, 6.45) is 4.35. The molecule has 2 unspecified atom stereocenters. The molecule has 2 aliphatic rings. The predicted molar refractivity (Wildman–Crippen MR) is 68.8 cm³/mol. The highest BCUT2D eigenvalue weighted by molar-refractivity contribution is 5.90. The van der Waals surface area contributed by atoms with Crippen LogP contribution in [0.3, 0.4) is 0 Å². The fraction of sp³-hybridized carbons (Fsp3) is 0.846. The fourth-order valence-electron chi connectivity index (χ4n) is 3.21. The maximum absolute atomic E-state index is 12.7. The van der Waals surface area contributed by atoms with Crippen molar-refractivity contribution in [1.29, 1.82) is 0 Å². The summed E-state index contributed by atoms with van der Waals surface area (Å²) in [6.45, 7) is 4.44. The maximum Gasteiger partial charge on any atom is 0.240 e. The Morgan fingerprint density at radius 2 is 2.22 bits per heavy atom. The summed E-state index contributed by atoms with van der Waals surface area (Å²) >= 11 is 0. The van der Waals surface area contributed by atoms with Gasteiger partial charge in [-0.05, 0) is 38.6 Å². The number of hydrogen-bond acceptors (Lipinski definition) is 3. The highest BCUT2D eigenvalue weighted by atomic mass is 16.2. The number of likely N-dealkylation sites (tertiary alicyclic amines) is 1. The number of hydrogen-bond donors (Lipinski definition) is 2. The van der Waals surface area contributed by atoms with Crippen molar-refractivity contribution in [2.75, 3.05) is 19.6 Å². The van der Waals surface area contributed by atoms with Crippen molar-refractivity contribution >= 4 is 11.8 Å². The fourth-order valence-corrected chi connectivity index (χ4v) is 3.21. The molecule has 2 saturated heterocycles. The van der Waals surface area contributed by atoms with E-state index in [4.69, 9.17) is 5.73 Å². The first-order valence-corrected chi connectivity index (χ1v) is 6.92. The lowest BCUT2D eigenvalue weighted by atomic mass is 9.77. The summed E-state index contributed by atoms with van der Waals surface area (Å²) in [5, 5.41) is 3.31. The molecule has 0 saturated carbocycles. The Bertz CT molecular complexity index is 337. The van der Waals surface area contributed by atoms with Gasteiger partial charge >= 0.3 is 0 Å². The third-order valence-electron chi connectivity index (χ3n) is 4.44. The summed E-state index contributed by atoms with van der Waals surface area (Å²) in [4.78, 5) is 25.9. The molecule has 0 spiro atoms. The van der Waals surface area contributed by atoms with E-state index in [1.54, 1.807) is 4.90 Å². The van der Waals surface area contributed by atoms with Gasteiger partial charge in [0, 0.05) is 13.1 Å². The van der Waals surface area contributed by atoms with E-state index in [9.17, 15) is 9.59 Å². The molecule has 2 aliphatic heterocycles. The summed E-state index contributed by atoms with van der Waals surface area (Å²) < 4.78 is 0. The van der Waals surface area contributed by atoms with Crippen LogP contribution in [0.5, 0.6) is 0 Å². The molecule has 0 radical (unpaired) electrons. The molecular formula is C13H23N3O2. The van der Waals surface area contributed by atoms with Crippen molar-refractivity contribution in [3.05, 3.63) is 0 Å². The van der Waals surface area contributed by atoms with Gasteiger partial charge in [-0.3, -0.25) is 9.59 Å². The number of nitrogens with zero attached hydrogens (tertiary/aromatic N) is 1. The number of carbonyl (C=O) groups excluding carboxylic acids is 2. The van der Waals surface area contributed by atoms with E-state index < -0.39 is 0 Å². The minimum atomic E-state index is -0.386. The Labute approximate surface area is 108 Å². The van der Waals surface area contributed by atoms with E-state index >= 15 is 0 Å². The first-order valence-electron chi connectivity index (χ1n) is 6.92. The largest absolute Gasteiger partial charge is 0.368 e. The molecule has 102 valence electrons. The van der Waals surface area contributed by atoms with Crippen molar-refractivity contribution in [3.63, 3.8) is 0 Å². The van der Waals surface area contributed by atoms with Gasteiger partial charge in [-0.1, -0.05) is 6.92 Å². The number of carbonyl (C=O) groups is 2. The van der Waals surface area contributed by atoms with Crippen LogP contribution in [0.15, 0.2) is 0 Å². The third-order valence-corrected chi connectivity index (χ3v) is 4.44. The number of primary amides is 1. The molecule has 2 atom stereocenters. The van der Waals surface area contributed by atoms with Crippen LogP contribution in [0.2, 0.25) is 0 Å². The van der Waals surface area contributed by atoms with Crippen molar-refractivity contribution in [3.8, 4) is 0 Å². The van der Waals surface area contributed by atoms with Gasteiger partial charge in [0.25, 0.3) is 0 Å². The Kier molecular flexibility index (Phi) is 3.90. The SMILES string of the molecule is CCC1(C(=O)N2CCCC2C(N)=O)CCCNC1. The van der Waals surface area contributed by atoms with Gasteiger partial charge < -0.3 is 16.0 Å². The number of nitrogens with one attached hydrogen (secondary N) is 1. The normalized spacial score (nSPS) is 32.5. The van der Waals surface area contributed by atoms with Gasteiger partial charge in [0.15, 0.2) is 0 Å². The Balaban J connectivity index is 2.15. The first kappa shape index (κ1) is 13.3. The number of rotatable bonds is 3. The number of amides is 2. The van der Waals surface area contributed by atoms with Gasteiger partial charge in [-0.2, -0.15) is 0 Å². The lowest BCUT2D eigenvalue weighted by Crippen LogP contribution is -2.54. The van der Waals surface area contributed by atoms with Gasteiger partial charge in [0.05, 0.1) is 5.41 Å². The minimum absolute atomic E-state index is 0.124. The standard InChI is InChI=1S/C13H23N3O2/c1-2-13(6-4-7-15-9-13)12(18)16-8-3-5-10(16)11(14)17/h10,15H,2-9H2,1H3,(H2,14,17). The topological polar surface area (TPSA) is 75.4 Å². The number of nitrogens with two attached hydrogens (primary N) is 1. The molecule has 5 nitrogen and oxygen atoms in total. The second-order valence-electron chi connectivity index (χ2n) is 5.47. The first-order chi connectivity index (χ1) is 8.60. The Morgan fingerprint density at radius 3 is 2.78 bits per heavy atom. The zero-order chi connectivity index (χ0) is 13.2. The van der Waals surface area contributed by atoms with Crippen LogP contribution in [-0.4, -0.2) is 42.4 Å². The van der Waals surface area contributed by atoms with E-state index in [1.165, 1.54) is 0 Å². The van der Waals surface area contributed by atoms with E-state index in [-0.39, 0.29) is 23.3 Å². The van der Waals surface area contributed by atoms with E-state index in [2.05, 4.69) is 12.2 Å².